The third-order valence-corrected chi connectivity index (χ3v) is 5.04. The van der Waals surface area contributed by atoms with E-state index in [2.05, 4.69) is 10.2 Å². The molecule has 0 aliphatic heterocycles. The van der Waals surface area contributed by atoms with Gasteiger partial charge in [0.05, 0.1) is 5.75 Å². The van der Waals surface area contributed by atoms with Crippen LogP contribution in [0.2, 0.25) is 0 Å². The number of nitrogens with one attached hydrogen (secondary N) is 1. The minimum Gasteiger partial charge on any atom is -0.385 e. The monoisotopic (exact) mass is 393 g/mol. The summed E-state index contributed by atoms with van der Waals surface area (Å²) in [4.78, 5) is 28.0. The molecule has 148 valence electrons. The molecular formula is C18H27N5O3S. The maximum Gasteiger partial charge on any atom is 0.343 e. The highest BCUT2D eigenvalue weighted by molar-refractivity contribution is 7.99. The molecule has 0 aliphatic rings. The van der Waals surface area contributed by atoms with Crippen LogP contribution in [-0.2, 0) is 22.6 Å². The first kappa shape index (κ1) is 21.0. The first-order valence-electron chi connectivity index (χ1n) is 8.69. The SMILES string of the molecule is COCCCn1c(SCC(=O)N(C)Cc2ccc(N(C)C)cc2)n[nH]c1=O. The zero-order valence-corrected chi connectivity index (χ0v) is 17.1. The van der Waals surface area contributed by atoms with Crippen LogP contribution in [0.4, 0.5) is 5.69 Å². The number of carbonyl (C=O) groups excluding carboxylic acids is 1. The van der Waals surface area contributed by atoms with E-state index >= 15 is 0 Å². The van der Waals surface area contributed by atoms with Crippen molar-refractivity contribution in [1.82, 2.24) is 19.7 Å². The molecule has 1 heterocycles. The number of carbonyl (C=O) groups is 1. The molecule has 0 saturated carbocycles. The van der Waals surface area contributed by atoms with Gasteiger partial charge in [-0.05, 0) is 24.1 Å². The number of rotatable bonds is 10. The van der Waals surface area contributed by atoms with Crippen LogP contribution in [0.25, 0.3) is 0 Å². The average Bonchev–Trinajstić information content (AvgIpc) is 3.00. The summed E-state index contributed by atoms with van der Waals surface area (Å²) >= 11 is 1.26. The Kier molecular flexibility index (Phi) is 7.93. The van der Waals surface area contributed by atoms with Gasteiger partial charge in [0.25, 0.3) is 0 Å². The number of hydrogen-bond acceptors (Lipinski definition) is 6. The number of amides is 1. The van der Waals surface area contributed by atoms with E-state index in [1.54, 1.807) is 19.1 Å². The summed E-state index contributed by atoms with van der Waals surface area (Å²) in [5.74, 6) is 0.205. The van der Waals surface area contributed by atoms with E-state index in [9.17, 15) is 9.59 Å². The van der Waals surface area contributed by atoms with Gasteiger partial charge in [-0.2, -0.15) is 0 Å². The van der Waals surface area contributed by atoms with Gasteiger partial charge in [-0.15, -0.1) is 5.10 Å². The van der Waals surface area contributed by atoms with Crippen molar-refractivity contribution in [3.8, 4) is 0 Å². The van der Waals surface area contributed by atoms with Crippen LogP contribution < -0.4 is 10.6 Å². The Morgan fingerprint density at radius 1 is 1.26 bits per heavy atom. The quantitative estimate of drug-likeness (QED) is 0.486. The van der Waals surface area contributed by atoms with E-state index in [4.69, 9.17) is 4.74 Å². The van der Waals surface area contributed by atoms with Crippen molar-refractivity contribution in [2.75, 3.05) is 45.5 Å². The predicted molar refractivity (Wildman–Crippen MR) is 107 cm³/mol. The Hall–Kier alpha value is -2.26. The number of thioether (sulfide) groups is 1. The largest absolute Gasteiger partial charge is 0.385 e. The number of anilines is 1. The maximum atomic E-state index is 12.4. The minimum absolute atomic E-state index is 0.0180. The molecule has 2 rings (SSSR count). The summed E-state index contributed by atoms with van der Waals surface area (Å²) in [6.07, 6.45) is 0.709. The molecule has 9 heteroatoms. The lowest BCUT2D eigenvalue weighted by atomic mass is 10.2. The fourth-order valence-corrected chi connectivity index (χ4v) is 3.39. The number of nitrogens with zero attached hydrogens (tertiary/aromatic N) is 4. The topological polar surface area (TPSA) is 83.5 Å². The smallest absolute Gasteiger partial charge is 0.343 e. The van der Waals surface area contributed by atoms with E-state index in [0.29, 0.717) is 31.3 Å². The van der Waals surface area contributed by atoms with Crippen LogP contribution >= 0.6 is 11.8 Å². The van der Waals surface area contributed by atoms with E-state index in [0.717, 1.165) is 11.3 Å². The van der Waals surface area contributed by atoms with E-state index in [1.165, 1.54) is 16.3 Å². The summed E-state index contributed by atoms with van der Waals surface area (Å²) in [6, 6.07) is 8.11. The number of H-pyrrole nitrogens is 1. The molecule has 0 fully saturated rings. The van der Waals surface area contributed by atoms with Crippen LogP contribution in [-0.4, -0.2) is 66.2 Å². The second-order valence-corrected chi connectivity index (χ2v) is 7.35. The molecule has 0 unspecified atom stereocenters. The summed E-state index contributed by atoms with van der Waals surface area (Å²) in [7, 11) is 7.38. The zero-order chi connectivity index (χ0) is 19.8. The van der Waals surface area contributed by atoms with E-state index in [1.807, 2.05) is 43.3 Å². The number of aromatic nitrogens is 3. The third kappa shape index (κ3) is 6.14. The van der Waals surface area contributed by atoms with Crippen LogP contribution in [0.5, 0.6) is 0 Å². The van der Waals surface area contributed by atoms with Crippen molar-refractivity contribution in [1.29, 1.82) is 0 Å². The Balaban J connectivity index is 1.88. The standard InChI is InChI=1S/C18H27N5O3S/c1-21(2)15-8-6-14(7-9-15)12-22(3)16(24)13-27-18-20-19-17(25)23(18)10-5-11-26-4/h6-9H,5,10-13H2,1-4H3,(H,19,25). The van der Waals surface area contributed by atoms with Gasteiger partial charge in [0.1, 0.15) is 0 Å². The average molecular weight is 394 g/mol. The summed E-state index contributed by atoms with van der Waals surface area (Å²) < 4.78 is 6.55. The first-order valence-corrected chi connectivity index (χ1v) is 9.68. The van der Waals surface area contributed by atoms with Gasteiger partial charge < -0.3 is 14.5 Å². The van der Waals surface area contributed by atoms with Crippen molar-refractivity contribution in [3.05, 3.63) is 40.3 Å². The lowest BCUT2D eigenvalue weighted by Crippen LogP contribution is -2.28. The first-order chi connectivity index (χ1) is 12.9. The Morgan fingerprint density at radius 2 is 1.96 bits per heavy atom. The molecule has 0 spiro atoms. The highest BCUT2D eigenvalue weighted by Crippen LogP contribution is 2.16. The Bertz CT molecular complexity index is 785. The summed E-state index contributed by atoms with van der Waals surface area (Å²) in [6.45, 7) is 1.61. The molecule has 1 N–H and O–H groups in total. The third-order valence-electron chi connectivity index (χ3n) is 4.08. The Labute approximate surface area is 163 Å². The molecule has 0 radical (unpaired) electrons. The number of benzene rings is 1. The molecule has 1 amide bonds. The second-order valence-electron chi connectivity index (χ2n) is 6.41. The number of methoxy groups -OCH3 is 1. The van der Waals surface area contributed by atoms with Gasteiger partial charge in [-0.1, -0.05) is 23.9 Å². The molecule has 0 bridgehead atoms. The van der Waals surface area contributed by atoms with E-state index in [-0.39, 0.29) is 17.3 Å². The molecular weight excluding hydrogens is 366 g/mol. The molecule has 8 nitrogen and oxygen atoms in total. The lowest BCUT2D eigenvalue weighted by Gasteiger charge is -2.18. The zero-order valence-electron chi connectivity index (χ0n) is 16.3. The molecule has 0 atom stereocenters. The van der Waals surface area contributed by atoms with Crippen LogP contribution in [0, 0.1) is 0 Å². The fraction of sp³-hybridized carbons (Fsp3) is 0.500. The van der Waals surface area contributed by atoms with Crippen LogP contribution in [0.15, 0.2) is 34.2 Å². The predicted octanol–water partition coefficient (Wildman–Crippen LogP) is 1.42. The minimum atomic E-state index is -0.268. The van der Waals surface area contributed by atoms with E-state index < -0.39 is 0 Å². The fourth-order valence-electron chi connectivity index (χ4n) is 2.48. The number of hydrogen-bond donors (Lipinski definition) is 1. The van der Waals surface area contributed by atoms with Crippen molar-refractivity contribution in [2.45, 2.75) is 24.7 Å². The van der Waals surface area contributed by atoms with Crippen molar-refractivity contribution in [2.24, 2.45) is 0 Å². The van der Waals surface area contributed by atoms with Crippen LogP contribution in [0.1, 0.15) is 12.0 Å². The normalized spacial score (nSPS) is 10.8. The maximum absolute atomic E-state index is 12.4. The Morgan fingerprint density at radius 3 is 2.59 bits per heavy atom. The molecule has 0 aliphatic carbocycles. The van der Waals surface area contributed by atoms with Gasteiger partial charge in [0.15, 0.2) is 5.16 Å². The highest BCUT2D eigenvalue weighted by Gasteiger charge is 2.14. The van der Waals surface area contributed by atoms with Gasteiger partial charge in [-0.25, -0.2) is 9.89 Å². The molecule has 2 aromatic rings. The highest BCUT2D eigenvalue weighted by atomic mass is 32.2. The van der Waals surface area contributed by atoms with Crippen molar-refractivity contribution >= 4 is 23.4 Å². The van der Waals surface area contributed by atoms with Crippen molar-refractivity contribution < 1.29 is 9.53 Å². The summed E-state index contributed by atoms with van der Waals surface area (Å²) in [5, 5.41) is 6.97. The number of aromatic amines is 1. The summed E-state index contributed by atoms with van der Waals surface area (Å²) in [5.41, 5.74) is 1.92. The van der Waals surface area contributed by atoms with Gasteiger partial charge in [0, 0.05) is 53.6 Å². The van der Waals surface area contributed by atoms with Gasteiger partial charge >= 0.3 is 5.69 Å². The molecule has 0 saturated heterocycles. The lowest BCUT2D eigenvalue weighted by molar-refractivity contribution is -0.127. The second kappa shape index (κ2) is 10.2. The molecule has 1 aromatic heterocycles. The van der Waals surface area contributed by atoms with Crippen molar-refractivity contribution in [3.63, 3.8) is 0 Å². The molecule has 27 heavy (non-hydrogen) atoms. The molecule has 1 aromatic carbocycles. The van der Waals surface area contributed by atoms with Gasteiger partial charge in [0.2, 0.25) is 5.91 Å². The van der Waals surface area contributed by atoms with Crippen LogP contribution in [0.3, 0.4) is 0 Å². The number of ether oxygens (including phenoxy) is 1. The van der Waals surface area contributed by atoms with Gasteiger partial charge in [-0.3, -0.25) is 9.36 Å².